The average molecular weight is 532 g/mol. The van der Waals surface area contributed by atoms with Crippen molar-refractivity contribution in [3.05, 3.63) is 34.4 Å². The van der Waals surface area contributed by atoms with Gasteiger partial charge in [0.15, 0.2) is 12.2 Å². The quantitative estimate of drug-likeness (QED) is 0.192. The number of nitro groups is 1. The van der Waals surface area contributed by atoms with Crippen molar-refractivity contribution in [2.75, 3.05) is 6.61 Å². The van der Waals surface area contributed by atoms with Crippen molar-refractivity contribution >= 4 is 39.6 Å². The minimum atomic E-state index is -4.50. The Morgan fingerprint density at radius 3 is 1.92 bits per heavy atom. The number of nitro benzene ring substituents is 1. The van der Waals surface area contributed by atoms with E-state index in [0.717, 1.165) is 52.0 Å². The van der Waals surface area contributed by atoms with Crippen molar-refractivity contribution in [1.29, 1.82) is 0 Å². The van der Waals surface area contributed by atoms with Crippen molar-refractivity contribution in [3.8, 4) is 0 Å². The van der Waals surface area contributed by atoms with Gasteiger partial charge in [-0.3, -0.25) is 29.3 Å². The van der Waals surface area contributed by atoms with Gasteiger partial charge in [-0.05, 0) is 12.1 Å². The molecule has 16 heteroatoms. The highest BCUT2D eigenvalue weighted by Gasteiger charge is 2.53. The monoisotopic (exact) mass is 532 g/mol. The van der Waals surface area contributed by atoms with E-state index >= 15 is 0 Å². The Hall–Kier alpha value is -3.63. The standard InChI is InChI=1S/C20H24N2O13S/c1-10(23)31-9-16-18(32-11(2)24)19(33-12(3)25)17(20(35-16)34-13(4)26)21-36(29,30)15-7-5-14(6-8-15)22(27)28/h5-8,16-21H,9H2,1-4H3/t16-,17-,18-,19-,20-/m1/s1. The van der Waals surface area contributed by atoms with E-state index < -0.39 is 81.0 Å². The zero-order valence-electron chi connectivity index (χ0n) is 19.6. The molecule has 36 heavy (non-hydrogen) atoms. The second-order valence-electron chi connectivity index (χ2n) is 7.50. The van der Waals surface area contributed by atoms with E-state index in [1.807, 2.05) is 0 Å². The van der Waals surface area contributed by atoms with Gasteiger partial charge in [0.2, 0.25) is 16.3 Å². The summed E-state index contributed by atoms with van der Waals surface area (Å²) in [6.07, 6.45) is -6.17. The normalized spacial score (nSPS) is 23.7. The maximum Gasteiger partial charge on any atom is 0.304 e. The molecule has 1 heterocycles. The Kier molecular flexibility index (Phi) is 9.43. The summed E-state index contributed by atoms with van der Waals surface area (Å²) in [6.45, 7) is 3.61. The zero-order chi connectivity index (χ0) is 27.2. The maximum atomic E-state index is 13.1. The number of hydrogen-bond acceptors (Lipinski definition) is 13. The van der Waals surface area contributed by atoms with E-state index in [-0.39, 0.29) is 5.69 Å². The number of carbonyl (C=O) groups is 4. The highest BCUT2D eigenvalue weighted by molar-refractivity contribution is 7.89. The molecule has 0 aliphatic carbocycles. The molecule has 1 saturated heterocycles. The second kappa shape index (κ2) is 11.9. The molecule has 1 N–H and O–H groups in total. The molecule has 0 amide bonds. The summed E-state index contributed by atoms with van der Waals surface area (Å²) in [5.74, 6) is -3.41. The molecule has 1 aliphatic heterocycles. The van der Waals surface area contributed by atoms with E-state index in [9.17, 15) is 37.7 Å². The SMILES string of the molecule is CC(=O)OC[C@H]1O[C@@H](OC(C)=O)[C@H](NS(=O)(=O)c2ccc([N+](=O)[O-])cc2)[C@@H](OC(C)=O)[C@@H]1OC(C)=O. The predicted molar refractivity (Wildman–Crippen MR) is 115 cm³/mol. The third kappa shape index (κ3) is 7.69. The summed E-state index contributed by atoms with van der Waals surface area (Å²) in [5, 5.41) is 10.9. The molecule has 0 aromatic heterocycles. The molecule has 0 bridgehead atoms. The van der Waals surface area contributed by atoms with E-state index in [1.54, 1.807) is 0 Å². The summed E-state index contributed by atoms with van der Waals surface area (Å²) < 4.78 is 54.4. The van der Waals surface area contributed by atoms with Gasteiger partial charge in [0.25, 0.3) is 5.69 Å². The molecule has 198 valence electrons. The molecule has 2 rings (SSSR count). The summed E-state index contributed by atoms with van der Waals surface area (Å²) in [6, 6.07) is 2.17. The Morgan fingerprint density at radius 2 is 1.44 bits per heavy atom. The van der Waals surface area contributed by atoms with E-state index in [2.05, 4.69) is 4.72 Å². The van der Waals surface area contributed by atoms with Crippen LogP contribution in [-0.2, 0) is 52.9 Å². The van der Waals surface area contributed by atoms with Crippen molar-refractivity contribution in [1.82, 2.24) is 4.72 Å². The number of hydrogen-bond donors (Lipinski definition) is 1. The van der Waals surface area contributed by atoms with Crippen LogP contribution >= 0.6 is 0 Å². The van der Waals surface area contributed by atoms with E-state index in [0.29, 0.717) is 0 Å². The average Bonchev–Trinajstić information content (AvgIpc) is 2.75. The zero-order valence-corrected chi connectivity index (χ0v) is 20.4. The first-order chi connectivity index (χ1) is 16.7. The number of carbonyl (C=O) groups excluding carboxylic acids is 4. The van der Waals surface area contributed by atoms with Crippen LogP contribution in [0, 0.1) is 10.1 Å². The first kappa shape index (κ1) is 28.6. The van der Waals surface area contributed by atoms with Gasteiger partial charge in [-0.25, -0.2) is 8.42 Å². The van der Waals surface area contributed by atoms with E-state index in [4.69, 9.17) is 23.7 Å². The van der Waals surface area contributed by atoms with Gasteiger partial charge < -0.3 is 23.7 Å². The predicted octanol–water partition coefficient (Wildman–Crippen LogP) is -0.0438. The van der Waals surface area contributed by atoms with Gasteiger partial charge in [0.1, 0.15) is 18.8 Å². The van der Waals surface area contributed by atoms with Crippen LogP contribution in [0.15, 0.2) is 29.2 Å². The molecule has 15 nitrogen and oxygen atoms in total. The number of rotatable bonds is 9. The fraction of sp³-hybridized carbons (Fsp3) is 0.500. The highest BCUT2D eigenvalue weighted by Crippen LogP contribution is 2.29. The van der Waals surface area contributed by atoms with Crippen LogP contribution in [0.3, 0.4) is 0 Å². The third-order valence-corrected chi connectivity index (χ3v) is 6.11. The van der Waals surface area contributed by atoms with Gasteiger partial charge >= 0.3 is 23.9 Å². The molecular formula is C20H24N2O13S. The van der Waals surface area contributed by atoms with Gasteiger partial charge in [-0.15, -0.1) is 0 Å². The molecular weight excluding hydrogens is 508 g/mol. The minimum absolute atomic E-state index is 0.367. The molecule has 0 radical (unpaired) electrons. The number of esters is 4. The summed E-state index contributed by atoms with van der Waals surface area (Å²) in [4.78, 5) is 56.5. The smallest absolute Gasteiger partial charge is 0.304 e. The molecule has 5 atom stereocenters. The number of non-ortho nitro benzene ring substituents is 1. The van der Waals surface area contributed by atoms with Crippen molar-refractivity contribution < 1.29 is 56.2 Å². The van der Waals surface area contributed by atoms with Crippen LogP contribution in [0.1, 0.15) is 27.7 Å². The van der Waals surface area contributed by atoms with Crippen LogP contribution in [0.25, 0.3) is 0 Å². The molecule has 0 saturated carbocycles. The molecule has 0 spiro atoms. The Labute approximate surface area is 205 Å². The minimum Gasteiger partial charge on any atom is -0.463 e. The first-order valence-electron chi connectivity index (χ1n) is 10.3. The van der Waals surface area contributed by atoms with Gasteiger partial charge in [-0.1, -0.05) is 0 Å². The number of sulfonamides is 1. The van der Waals surface area contributed by atoms with Crippen LogP contribution in [0.2, 0.25) is 0 Å². The number of nitrogens with zero attached hydrogens (tertiary/aromatic N) is 1. The Bertz CT molecular complexity index is 1120. The lowest BCUT2D eigenvalue weighted by molar-refractivity contribution is -0.384. The first-order valence-corrected chi connectivity index (χ1v) is 11.8. The Balaban J connectivity index is 2.53. The molecule has 1 aliphatic rings. The topological polar surface area (TPSA) is 204 Å². The van der Waals surface area contributed by atoms with Gasteiger partial charge in [-0.2, -0.15) is 4.72 Å². The van der Waals surface area contributed by atoms with Crippen LogP contribution < -0.4 is 4.72 Å². The van der Waals surface area contributed by atoms with Crippen molar-refractivity contribution in [2.24, 2.45) is 0 Å². The van der Waals surface area contributed by atoms with Gasteiger partial charge in [0, 0.05) is 39.8 Å². The lowest BCUT2D eigenvalue weighted by Crippen LogP contribution is -2.66. The summed E-state index contributed by atoms with van der Waals surface area (Å²) in [5.41, 5.74) is -0.367. The summed E-state index contributed by atoms with van der Waals surface area (Å²) in [7, 11) is -4.50. The number of ether oxygens (including phenoxy) is 5. The number of benzene rings is 1. The highest BCUT2D eigenvalue weighted by atomic mass is 32.2. The molecule has 0 unspecified atom stereocenters. The lowest BCUT2D eigenvalue weighted by Gasteiger charge is -2.44. The largest absolute Gasteiger partial charge is 0.463 e. The maximum absolute atomic E-state index is 13.1. The fourth-order valence-electron chi connectivity index (χ4n) is 3.29. The van der Waals surface area contributed by atoms with Crippen LogP contribution in [0.4, 0.5) is 5.69 Å². The van der Waals surface area contributed by atoms with Crippen molar-refractivity contribution in [3.63, 3.8) is 0 Å². The van der Waals surface area contributed by atoms with Crippen LogP contribution in [-0.4, -0.2) is 74.5 Å². The molecule has 1 fully saturated rings. The van der Waals surface area contributed by atoms with Gasteiger partial charge in [0.05, 0.1) is 9.82 Å². The van der Waals surface area contributed by atoms with Crippen LogP contribution in [0.5, 0.6) is 0 Å². The third-order valence-electron chi connectivity index (χ3n) is 4.63. The lowest BCUT2D eigenvalue weighted by atomic mass is 9.97. The van der Waals surface area contributed by atoms with E-state index in [1.165, 1.54) is 0 Å². The summed E-state index contributed by atoms with van der Waals surface area (Å²) >= 11 is 0. The Morgan fingerprint density at radius 1 is 0.917 bits per heavy atom. The molecule has 1 aromatic rings. The number of nitrogens with one attached hydrogen (secondary N) is 1. The fourth-order valence-corrected chi connectivity index (χ4v) is 4.52. The second-order valence-corrected chi connectivity index (χ2v) is 9.22. The molecule has 1 aromatic carbocycles. The van der Waals surface area contributed by atoms with Crippen molar-refractivity contribution in [2.45, 2.75) is 63.2 Å².